The summed E-state index contributed by atoms with van der Waals surface area (Å²) >= 11 is 0. The van der Waals surface area contributed by atoms with Crippen molar-refractivity contribution in [1.29, 1.82) is 0 Å². The number of Topliss-reactive ketones (excluding diaryl/α,β-unsaturated/α-hetero) is 1. The van der Waals surface area contributed by atoms with E-state index in [4.69, 9.17) is 4.74 Å². The molecule has 0 saturated heterocycles. The highest BCUT2D eigenvalue weighted by molar-refractivity contribution is 6.02. The second-order valence-electron chi connectivity index (χ2n) is 8.40. The average molecular weight is 488 g/mol. The van der Waals surface area contributed by atoms with E-state index >= 15 is 0 Å². The number of anilines is 4. The van der Waals surface area contributed by atoms with Crippen LogP contribution in [0.25, 0.3) is 11.4 Å². The molecule has 0 bridgehead atoms. The van der Waals surface area contributed by atoms with E-state index in [1.807, 2.05) is 50.2 Å². The van der Waals surface area contributed by atoms with Crippen LogP contribution in [-0.4, -0.2) is 61.6 Å². The van der Waals surface area contributed by atoms with Crippen molar-refractivity contribution in [2.45, 2.75) is 19.9 Å². The summed E-state index contributed by atoms with van der Waals surface area (Å²) in [5.74, 6) is 2.21. The number of pyridine rings is 1. The molecule has 0 amide bonds. The van der Waals surface area contributed by atoms with Crippen LogP contribution in [0.4, 0.5) is 23.0 Å². The number of hydrogen-bond donors (Lipinski definition) is 2. The molecule has 3 heterocycles. The molecule has 4 aromatic rings. The zero-order valence-corrected chi connectivity index (χ0v) is 21.0. The van der Waals surface area contributed by atoms with Crippen LogP contribution in [0.15, 0.2) is 49.2 Å². The van der Waals surface area contributed by atoms with Gasteiger partial charge in [-0.15, -0.1) is 0 Å². The van der Waals surface area contributed by atoms with E-state index in [1.165, 1.54) is 6.33 Å². The minimum atomic E-state index is -0.0339. The van der Waals surface area contributed by atoms with Crippen LogP contribution in [0.3, 0.4) is 0 Å². The summed E-state index contributed by atoms with van der Waals surface area (Å²) in [6.07, 6.45) is 5.05. The molecular weight excluding hydrogens is 458 g/mol. The van der Waals surface area contributed by atoms with Crippen molar-refractivity contribution in [2.75, 3.05) is 31.8 Å². The maximum atomic E-state index is 12.7. The maximum Gasteiger partial charge on any atom is 0.184 e. The maximum absolute atomic E-state index is 12.7. The quantitative estimate of drug-likeness (QED) is 0.319. The molecule has 0 radical (unpaired) electrons. The van der Waals surface area contributed by atoms with Gasteiger partial charge in [0, 0.05) is 38.3 Å². The number of carbonyl (C=O) groups excluding carboxylic acids is 1. The Morgan fingerprint density at radius 3 is 2.56 bits per heavy atom. The summed E-state index contributed by atoms with van der Waals surface area (Å²) in [7, 11) is 7.35. The topological polar surface area (TPSA) is 123 Å². The highest BCUT2D eigenvalue weighted by Gasteiger charge is 2.18. The van der Waals surface area contributed by atoms with Crippen molar-refractivity contribution >= 4 is 28.8 Å². The van der Waals surface area contributed by atoms with Gasteiger partial charge in [0.25, 0.3) is 0 Å². The van der Waals surface area contributed by atoms with Crippen molar-refractivity contribution in [3.8, 4) is 17.1 Å². The summed E-state index contributed by atoms with van der Waals surface area (Å²) in [6.45, 7) is 2.50. The van der Waals surface area contributed by atoms with Crippen molar-refractivity contribution < 1.29 is 9.53 Å². The van der Waals surface area contributed by atoms with Gasteiger partial charge in [-0.25, -0.2) is 19.9 Å². The van der Waals surface area contributed by atoms with Gasteiger partial charge < -0.3 is 20.3 Å². The second-order valence-corrected chi connectivity index (χ2v) is 8.40. The fourth-order valence-corrected chi connectivity index (χ4v) is 3.69. The fourth-order valence-electron chi connectivity index (χ4n) is 3.69. The Morgan fingerprint density at radius 2 is 1.86 bits per heavy atom. The smallest absolute Gasteiger partial charge is 0.184 e. The number of ether oxygens (including phenoxy) is 1. The van der Waals surface area contributed by atoms with E-state index in [2.05, 4.69) is 35.7 Å². The zero-order valence-electron chi connectivity index (χ0n) is 21.0. The lowest BCUT2D eigenvalue weighted by atomic mass is 10.1. The Kier molecular flexibility index (Phi) is 7.50. The number of aryl methyl sites for hydroxylation is 1. The van der Waals surface area contributed by atoms with Crippen LogP contribution in [0, 0.1) is 0 Å². The summed E-state index contributed by atoms with van der Waals surface area (Å²) < 4.78 is 7.35. The third kappa shape index (κ3) is 5.63. The number of carbonyl (C=O) groups is 1. The van der Waals surface area contributed by atoms with Gasteiger partial charge in [-0.3, -0.25) is 9.48 Å². The van der Waals surface area contributed by atoms with Crippen molar-refractivity contribution in [3.05, 3.63) is 60.4 Å². The molecule has 0 spiro atoms. The molecule has 0 unspecified atom stereocenters. The third-order valence-corrected chi connectivity index (χ3v) is 5.31. The molecule has 0 fully saturated rings. The predicted molar refractivity (Wildman–Crippen MR) is 138 cm³/mol. The Hall–Kier alpha value is -4.38. The number of benzene rings is 1. The first kappa shape index (κ1) is 24.7. The lowest BCUT2D eigenvalue weighted by Gasteiger charge is -2.17. The van der Waals surface area contributed by atoms with Gasteiger partial charge in [-0.1, -0.05) is 13.0 Å². The van der Waals surface area contributed by atoms with Crippen LogP contribution < -0.4 is 15.4 Å². The molecule has 0 aliphatic carbocycles. The Morgan fingerprint density at radius 1 is 1.06 bits per heavy atom. The van der Waals surface area contributed by atoms with E-state index in [-0.39, 0.29) is 5.78 Å². The Balaban J connectivity index is 1.69. The summed E-state index contributed by atoms with van der Waals surface area (Å²) in [5, 5.41) is 11.0. The molecular formula is C25H29N9O2. The summed E-state index contributed by atoms with van der Waals surface area (Å²) in [6, 6.07) is 9.29. The molecule has 2 N–H and O–H groups in total. The highest BCUT2D eigenvalue weighted by atomic mass is 16.5. The number of nitrogens with zero attached hydrogens (tertiary/aromatic N) is 7. The van der Waals surface area contributed by atoms with Gasteiger partial charge in [0.2, 0.25) is 0 Å². The zero-order chi connectivity index (χ0) is 25.7. The van der Waals surface area contributed by atoms with Crippen LogP contribution in [0.1, 0.15) is 29.4 Å². The van der Waals surface area contributed by atoms with Crippen LogP contribution in [-0.2, 0) is 13.6 Å². The number of ketones is 1. The Bertz CT molecular complexity index is 1370. The molecule has 0 aliphatic rings. The largest absolute Gasteiger partial charge is 0.494 e. The molecule has 0 aliphatic heterocycles. The van der Waals surface area contributed by atoms with E-state index in [9.17, 15) is 4.79 Å². The molecule has 4 rings (SSSR count). The first-order valence-corrected chi connectivity index (χ1v) is 11.4. The lowest BCUT2D eigenvalue weighted by molar-refractivity contribution is 0.0988. The number of rotatable bonds is 10. The Labute approximate surface area is 209 Å². The number of methoxy groups -OCH3 is 1. The molecule has 0 atom stereocenters. The normalized spacial score (nSPS) is 10.9. The van der Waals surface area contributed by atoms with E-state index in [0.717, 1.165) is 11.3 Å². The average Bonchev–Trinajstić information content (AvgIpc) is 3.29. The van der Waals surface area contributed by atoms with Gasteiger partial charge in [0.1, 0.15) is 24.3 Å². The number of para-hydroxylation sites is 1. The van der Waals surface area contributed by atoms with Crippen molar-refractivity contribution in [3.63, 3.8) is 0 Å². The molecule has 0 saturated carbocycles. The molecule has 36 heavy (non-hydrogen) atoms. The molecule has 1 aromatic carbocycles. The summed E-state index contributed by atoms with van der Waals surface area (Å²) in [5.41, 5.74) is 3.33. The van der Waals surface area contributed by atoms with E-state index < -0.39 is 0 Å². The molecule has 11 nitrogen and oxygen atoms in total. The number of hydrogen-bond acceptors (Lipinski definition) is 10. The molecule has 3 aromatic heterocycles. The fraction of sp³-hybridized carbons (Fsp3) is 0.280. The van der Waals surface area contributed by atoms with E-state index in [0.29, 0.717) is 53.1 Å². The third-order valence-electron chi connectivity index (χ3n) is 5.31. The summed E-state index contributed by atoms with van der Waals surface area (Å²) in [4.78, 5) is 32.1. The van der Waals surface area contributed by atoms with Gasteiger partial charge in [-0.2, -0.15) is 5.10 Å². The first-order valence-electron chi connectivity index (χ1n) is 11.4. The van der Waals surface area contributed by atoms with Gasteiger partial charge >= 0.3 is 0 Å². The minimum absolute atomic E-state index is 0.0339. The van der Waals surface area contributed by atoms with Crippen molar-refractivity contribution in [1.82, 2.24) is 34.6 Å². The van der Waals surface area contributed by atoms with E-state index in [1.54, 1.807) is 37.4 Å². The van der Waals surface area contributed by atoms with Gasteiger partial charge in [0.15, 0.2) is 17.4 Å². The van der Waals surface area contributed by atoms with Crippen molar-refractivity contribution in [2.24, 2.45) is 7.05 Å². The number of aromatic nitrogens is 6. The molecule has 186 valence electrons. The van der Waals surface area contributed by atoms with Gasteiger partial charge in [-0.05, 0) is 26.2 Å². The predicted octanol–water partition coefficient (Wildman–Crippen LogP) is 3.82. The number of nitrogens with one attached hydrogen (secondary N) is 2. The monoisotopic (exact) mass is 487 g/mol. The van der Waals surface area contributed by atoms with Crippen LogP contribution in [0.5, 0.6) is 5.75 Å². The van der Waals surface area contributed by atoms with Crippen LogP contribution >= 0.6 is 0 Å². The first-order chi connectivity index (χ1) is 17.4. The standard InChI is InChI=1S/C25H29N9O2/c1-6-21(35)18-12-26-23(31-22-10-16(13-33(2)3)27-14-28-22)11-20(18)30-19-9-7-8-17(24(19)36-5)25-29-15-34(4)32-25/h7-12,14-15H,6,13H2,1-5H3,(H2,26,27,28,30,31). The highest BCUT2D eigenvalue weighted by Crippen LogP contribution is 2.37. The second kappa shape index (κ2) is 10.9. The molecule has 11 heteroatoms. The minimum Gasteiger partial charge on any atom is -0.494 e. The SMILES string of the molecule is CCC(=O)c1cnc(Nc2cc(CN(C)C)ncn2)cc1Nc1cccc(-c2ncn(C)n2)c1OC. The van der Waals surface area contributed by atoms with Gasteiger partial charge in [0.05, 0.1) is 35.3 Å². The van der Waals surface area contributed by atoms with Crippen LogP contribution in [0.2, 0.25) is 0 Å². The lowest BCUT2D eigenvalue weighted by Crippen LogP contribution is -2.12.